The van der Waals surface area contributed by atoms with Gasteiger partial charge in [0.15, 0.2) is 0 Å². The summed E-state index contributed by atoms with van der Waals surface area (Å²) in [6, 6.07) is 0. The summed E-state index contributed by atoms with van der Waals surface area (Å²) >= 11 is 9.53. The Labute approximate surface area is 110 Å². The highest BCUT2D eigenvalue weighted by molar-refractivity contribution is 7.99. The maximum absolute atomic E-state index is 5.67. The fraction of sp³-hybridized carbons (Fsp3) is 0.818. The molecule has 2 nitrogen and oxygen atoms in total. The van der Waals surface area contributed by atoms with Gasteiger partial charge in [0.2, 0.25) is 0 Å². The van der Waals surface area contributed by atoms with Crippen LogP contribution in [0.4, 0.5) is 0 Å². The lowest BCUT2D eigenvalue weighted by Gasteiger charge is -2.19. The third kappa shape index (κ3) is 3.90. The predicted octanol–water partition coefficient (Wildman–Crippen LogP) is 3.40. The molecule has 1 saturated heterocycles. The number of nitrogens with zero attached hydrogens (tertiary/aromatic N) is 2. The molecule has 1 aliphatic rings. The molecule has 2 heterocycles. The smallest absolute Gasteiger partial charge is 0.117 e. The fourth-order valence-electron chi connectivity index (χ4n) is 1.89. The van der Waals surface area contributed by atoms with Crippen molar-refractivity contribution in [3.8, 4) is 0 Å². The number of hydrogen-bond acceptors (Lipinski definition) is 4. The molecule has 0 saturated carbocycles. The van der Waals surface area contributed by atoms with Crippen LogP contribution < -0.4 is 0 Å². The van der Waals surface area contributed by atoms with Crippen LogP contribution in [0.3, 0.4) is 0 Å². The predicted molar refractivity (Wildman–Crippen MR) is 72.7 cm³/mol. The molecule has 5 heteroatoms. The average molecular weight is 277 g/mol. The van der Waals surface area contributed by atoms with Gasteiger partial charge >= 0.3 is 0 Å². The number of rotatable bonds is 5. The second kappa shape index (κ2) is 6.82. The van der Waals surface area contributed by atoms with Crippen molar-refractivity contribution in [3.05, 3.63) is 10.0 Å². The first-order chi connectivity index (χ1) is 7.88. The molecule has 2 rings (SSSR count). The third-order valence-corrected chi connectivity index (χ3v) is 5.16. The minimum atomic E-state index is 0.717. The Morgan fingerprint density at radius 2 is 1.94 bits per heavy atom. The van der Waals surface area contributed by atoms with E-state index in [2.05, 4.69) is 22.0 Å². The van der Waals surface area contributed by atoms with Gasteiger partial charge in [0.25, 0.3) is 0 Å². The molecule has 0 aliphatic carbocycles. The molecule has 0 radical (unpaired) electrons. The second-order valence-corrected chi connectivity index (χ2v) is 6.89. The van der Waals surface area contributed by atoms with Crippen LogP contribution in [0.1, 0.15) is 29.3 Å². The normalized spacial score (nSPS) is 17.8. The summed E-state index contributed by atoms with van der Waals surface area (Å²) in [6.07, 6.45) is 5.83. The summed E-state index contributed by atoms with van der Waals surface area (Å²) in [5.41, 5.74) is 0. The molecule has 0 bridgehead atoms. The molecule has 16 heavy (non-hydrogen) atoms. The molecule has 1 fully saturated rings. The van der Waals surface area contributed by atoms with Crippen molar-refractivity contribution in [2.75, 3.05) is 17.4 Å². The number of aryl methyl sites for hydroxylation is 1. The number of aromatic nitrogens is 2. The molecular formula is C11H17ClN2S2. The molecule has 0 aromatic carbocycles. The molecule has 1 aromatic rings. The van der Waals surface area contributed by atoms with E-state index in [-0.39, 0.29) is 0 Å². The lowest BCUT2D eigenvalue weighted by molar-refractivity contribution is 0.485. The van der Waals surface area contributed by atoms with Gasteiger partial charge in [-0.15, -0.1) is 33.1 Å². The van der Waals surface area contributed by atoms with Crippen LogP contribution in [-0.4, -0.2) is 27.6 Å². The molecule has 1 aliphatic heterocycles. The summed E-state index contributed by atoms with van der Waals surface area (Å²) in [6.45, 7) is 0. The zero-order valence-corrected chi connectivity index (χ0v) is 11.7. The van der Waals surface area contributed by atoms with E-state index in [9.17, 15) is 0 Å². The summed E-state index contributed by atoms with van der Waals surface area (Å²) in [5, 5.41) is 10.9. The van der Waals surface area contributed by atoms with E-state index in [1.165, 1.54) is 29.4 Å². The van der Waals surface area contributed by atoms with E-state index >= 15 is 0 Å². The lowest BCUT2D eigenvalue weighted by Crippen LogP contribution is -2.11. The summed E-state index contributed by atoms with van der Waals surface area (Å²) in [7, 11) is 0. The van der Waals surface area contributed by atoms with Crippen molar-refractivity contribution >= 4 is 34.7 Å². The Morgan fingerprint density at radius 1 is 1.19 bits per heavy atom. The van der Waals surface area contributed by atoms with E-state index in [1.54, 1.807) is 11.3 Å². The first-order valence-corrected chi connectivity index (χ1v) is 8.34. The van der Waals surface area contributed by atoms with Gasteiger partial charge in [-0.3, -0.25) is 0 Å². The Kier molecular flexibility index (Phi) is 5.39. The molecule has 90 valence electrons. The first kappa shape index (κ1) is 12.7. The summed E-state index contributed by atoms with van der Waals surface area (Å²) in [5.74, 6) is 4.20. The minimum absolute atomic E-state index is 0.717. The van der Waals surface area contributed by atoms with Crippen molar-refractivity contribution < 1.29 is 0 Å². The van der Waals surface area contributed by atoms with E-state index in [4.69, 9.17) is 11.6 Å². The third-order valence-electron chi connectivity index (χ3n) is 2.84. The number of hydrogen-bond donors (Lipinski definition) is 0. The van der Waals surface area contributed by atoms with E-state index in [0.29, 0.717) is 0 Å². The summed E-state index contributed by atoms with van der Waals surface area (Å²) in [4.78, 5) is 0. The zero-order chi connectivity index (χ0) is 11.2. The lowest BCUT2D eigenvalue weighted by atomic mass is 9.99. The monoisotopic (exact) mass is 276 g/mol. The van der Waals surface area contributed by atoms with Crippen LogP contribution in [0.15, 0.2) is 0 Å². The molecule has 0 amide bonds. The van der Waals surface area contributed by atoms with Gasteiger partial charge in [0, 0.05) is 18.7 Å². The van der Waals surface area contributed by atoms with Crippen molar-refractivity contribution in [3.63, 3.8) is 0 Å². The quantitative estimate of drug-likeness (QED) is 0.771. The van der Waals surface area contributed by atoms with Gasteiger partial charge in [-0.05, 0) is 36.7 Å². The molecule has 0 atom stereocenters. The van der Waals surface area contributed by atoms with Crippen LogP contribution in [0.25, 0.3) is 0 Å². The maximum Gasteiger partial charge on any atom is 0.117 e. The van der Waals surface area contributed by atoms with E-state index in [0.717, 1.165) is 36.1 Å². The summed E-state index contributed by atoms with van der Waals surface area (Å²) < 4.78 is 0. The van der Waals surface area contributed by atoms with Crippen LogP contribution in [0.5, 0.6) is 0 Å². The number of alkyl halides is 1. The Hall–Kier alpha value is 0.200. The van der Waals surface area contributed by atoms with Crippen LogP contribution in [-0.2, 0) is 12.8 Å². The number of halogens is 1. The van der Waals surface area contributed by atoms with Crippen molar-refractivity contribution in [2.45, 2.75) is 32.1 Å². The zero-order valence-electron chi connectivity index (χ0n) is 9.32. The van der Waals surface area contributed by atoms with Gasteiger partial charge in [0.05, 0.1) is 0 Å². The molecule has 1 aromatic heterocycles. The first-order valence-electron chi connectivity index (χ1n) is 5.83. The SMILES string of the molecule is ClCCCc1nnc(CC2CCSCC2)s1. The largest absolute Gasteiger partial charge is 0.162 e. The molecule has 0 unspecified atom stereocenters. The molecule has 0 spiro atoms. The van der Waals surface area contributed by atoms with Gasteiger partial charge < -0.3 is 0 Å². The van der Waals surface area contributed by atoms with Crippen molar-refractivity contribution in [1.29, 1.82) is 0 Å². The van der Waals surface area contributed by atoms with E-state index < -0.39 is 0 Å². The van der Waals surface area contributed by atoms with Crippen LogP contribution in [0.2, 0.25) is 0 Å². The van der Waals surface area contributed by atoms with Gasteiger partial charge in [-0.1, -0.05) is 0 Å². The highest BCUT2D eigenvalue weighted by atomic mass is 35.5. The number of thioether (sulfide) groups is 1. The van der Waals surface area contributed by atoms with Gasteiger partial charge in [-0.2, -0.15) is 11.8 Å². The maximum atomic E-state index is 5.67. The molecule has 0 N–H and O–H groups in total. The molecular weight excluding hydrogens is 260 g/mol. The topological polar surface area (TPSA) is 25.8 Å². The Bertz CT molecular complexity index is 311. The standard InChI is InChI=1S/C11H17ClN2S2/c12-5-1-2-10-13-14-11(16-10)8-9-3-6-15-7-4-9/h9H,1-8H2. The van der Waals surface area contributed by atoms with Crippen molar-refractivity contribution in [2.24, 2.45) is 5.92 Å². The second-order valence-electron chi connectivity index (χ2n) is 4.14. The highest BCUT2D eigenvalue weighted by Crippen LogP contribution is 2.27. The van der Waals surface area contributed by atoms with Crippen LogP contribution in [0, 0.1) is 5.92 Å². The Morgan fingerprint density at radius 3 is 2.69 bits per heavy atom. The van der Waals surface area contributed by atoms with E-state index in [1.807, 2.05) is 0 Å². The minimum Gasteiger partial charge on any atom is -0.162 e. The van der Waals surface area contributed by atoms with Gasteiger partial charge in [-0.25, -0.2) is 0 Å². The van der Waals surface area contributed by atoms with Crippen LogP contribution >= 0.6 is 34.7 Å². The highest BCUT2D eigenvalue weighted by Gasteiger charge is 2.16. The van der Waals surface area contributed by atoms with Crippen molar-refractivity contribution in [1.82, 2.24) is 10.2 Å². The fourth-order valence-corrected chi connectivity index (χ4v) is 4.23. The van der Waals surface area contributed by atoms with Gasteiger partial charge in [0.1, 0.15) is 10.0 Å². The average Bonchev–Trinajstić information content (AvgIpc) is 2.75. The Balaban J connectivity index is 1.81.